The lowest BCUT2D eigenvalue weighted by molar-refractivity contribution is 0.791. The molecule has 0 aliphatic heterocycles. The third-order valence-corrected chi connectivity index (χ3v) is 2.66. The Balaban J connectivity index is 2.44. The molecule has 2 aliphatic rings. The molecule has 0 aromatic carbocycles. The maximum absolute atomic E-state index is 2.28. The molecule has 0 nitrogen and oxygen atoms in total. The van der Waals surface area contributed by atoms with Crippen molar-refractivity contribution >= 4 is 0 Å². The van der Waals surface area contributed by atoms with Gasteiger partial charge in [-0.3, -0.25) is 0 Å². The van der Waals surface area contributed by atoms with Crippen molar-refractivity contribution in [1.29, 1.82) is 0 Å². The Kier molecular flexibility index (Phi) is 2.86. The molecule has 76 valence electrons. The fraction of sp³-hybridized carbons (Fsp3) is 0.200. The van der Waals surface area contributed by atoms with Crippen LogP contribution < -0.4 is 0 Å². The van der Waals surface area contributed by atoms with E-state index in [4.69, 9.17) is 0 Å². The summed E-state index contributed by atoms with van der Waals surface area (Å²) in [5.74, 6) is 0.575. The van der Waals surface area contributed by atoms with Gasteiger partial charge in [-0.2, -0.15) is 0 Å². The zero-order valence-electron chi connectivity index (χ0n) is 9.27. The van der Waals surface area contributed by atoms with Crippen LogP contribution in [0.2, 0.25) is 0 Å². The number of fused-ring (bicyclic) bond motifs is 1. The van der Waals surface area contributed by atoms with E-state index in [1.807, 2.05) is 0 Å². The molecule has 0 radical (unpaired) electrons. The molecule has 0 aromatic heterocycles. The summed E-state index contributed by atoms with van der Waals surface area (Å²) in [6.45, 7) is 4.45. The average molecular weight is 196 g/mol. The van der Waals surface area contributed by atoms with E-state index in [1.54, 1.807) is 0 Å². The topological polar surface area (TPSA) is 0 Å². The summed E-state index contributed by atoms with van der Waals surface area (Å²) in [7, 11) is 0. The van der Waals surface area contributed by atoms with Crippen molar-refractivity contribution in [3.63, 3.8) is 0 Å². The monoisotopic (exact) mass is 196 g/mol. The van der Waals surface area contributed by atoms with Crippen molar-refractivity contribution < 1.29 is 0 Å². The van der Waals surface area contributed by atoms with Gasteiger partial charge in [0.05, 0.1) is 0 Å². The van der Waals surface area contributed by atoms with Crippen molar-refractivity contribution in [2.75, 3.05) is 0 Å². The lowest BCUT2D eigenvalue weighted by Crippen LogP contribution is -1.91. The van der Waals surface area contributed by atoms with Gasteiger partial charge in [-0.1, -0.05) is 68.5 Å². The van der Waals surface area contributed by atoms with Crippen LogP contribution >= 0.6 is 0 Å². The molecular formula is C15H16. The van der Waals surface area contributed by atoms with Crippen LogP contribution in [-0.4, -0.2) is 0 Å². The van der Waals surface area contributed by atoms with Crippen LogP contribution in [0.4, 0.5) is 0 Å². The predicted octanol–water partition coefficient (Wildman–Crippen LogP) is 4.12. The summed E-state index contributed by atoms with van der Waals surface area (Å²) in [5, 5.41) is 0. The smallest absolute Gasteiger partial charge is 0.0181 e. The Labute approximate surface area is 91.7 Å². The highest BCUT2D eigenvalue weighted by atomic mass is 14.1. The van der Waals surface area contributed by atoms with Crippen molar-refractivity contribution in [2.45, 2.75) is 13.8 Å². The minimum Gasteiger partial charge on any atom is -0.0622 e. The van der Waals surface area contributed by atoms with E-state index in [0.29, 0.717) is 5.92 Å². The van der Waals surface area contributed by atoms with Gasteiger partial charge in [-0.25, -0.2) is 0 Å². The second-order valence-corrected chi connectivity index (χ2v) is 4.15. The Morgan fingerprint density at radius 3 is 2.40 bits per heavy atom. The third-order valence-electron chi connectivity index (χ3n) is 2.66. The molecule has 0 fully saturated rings. The maximum atomic E-state index is 2.28. The highest BCUT2D eigenvalue weighted by Crippen LogP contribution is 2.24. The zero-order valence-corrected chi connectivity index (χ0v) is 9.27. The Morgan fingerprint density at radius 1 is 0.800 bits per heavy atom. The molecule has 0 unspecified atom stereocenters. The number of hydrogen-bond acceptors (Lipinski definition) is 0. The SMILES string of the molecule is CC(C)C1=CC2=CC=CC=CC2=CC=C1. The molecule has 2 aliphatic carbocycles. The van der Waals surface area contributed by atoms with Gasteiger partial charge in [-0.15, -0.1) is 0 Å². The van der Waals surface area contributed by atoms with Gasteiger partial charge < -0.3 is 0 Å². The summed E-state index contributed by atoms with van der Waals surface area (Å²) in [5.41, 5.74) is 3.97. The van der Waals surface area contributed by atoms with Gasteiger partial charge in [0.2, 0.25) is 0 Å². The molecule has 0 N–H and O–H groups in total. The normalized spacial score (nSPS) is 19.0. The van der Waals surface area contributed by atoms with Crippen LogP contribution in [0, 0.1) is 5.92 Å². The van der Waals surface area contributed by atoms with Gasteiger partial charge in [0.25, 0.3) is 0 Å². The standard InChI is InChI=1S/C15H16/c1-12(2)14-10-6-9-13-7-4-3-5-8-15(13)11-14/h3-12H,1-2H3. The molecule has 15 heavy (non-hydrogen) atoms. The zero-order chi connectivity index (χ0) is 10.7. The number of allylic oxidation sites excluding steroid dienone is 12. The van der Waals surface area contributed by atoms with Crippen molar-refractivity contribution in [2.24, 2.45) is 5.92 Å². The quantitative estimate of drug-likeness (QED) is 0.592. The van der Waals surface area contributed by atoms with E-state index in [-0.39, 0.29) is 0 Å². The Bertz CT molecular complexity index is 421. The average Bonchev–Trinajstić information content (AvgIpc) is 2.50. The summed E-state index contributed by atoms with van der Waals surface area (Å²) in [6.07, 6.45) is 19.3. The molecule has 0 amide bonds. The van der Waals surface area contributed by atoms with Gasteiger partial charge in [0.15, 0.2) is 0 Å². The minimum absolute atomic E-state index is 0.575. The van der Waals surface area contributed by atoms with Crippen molar-refractivity contribution in [3.05, 3.63) is 71.4 Å². The fourth-order valence-electron chi connectivity index (χ4n) is 1.71. The van der Waals surface area contributed by atoms with Crippen molar-refractivity contribution in [1.82, 2.24) is 0 Å². The van der Waals surface area contributed by atoms with Crippen LogP contribution in [0.15, 0.2) is 71.4 Å². The van der Waals surface area contributed by atoms with Crippen molar-refractivity contribution in [3.8, 4) is 0 Å². The molecule has 0 spiro atoms. The highest BCUT2D eigenvalue weighted by Gasteiger charge is 2.06. The first-order chi connectivity index (χ1) is 7.27. The minimum atomic E-state index is 0.575. The molecular weight excluding hydrogens is 180 g/mol. The molecule has 0 bridgehead atoms. The summed E-state index contributed by atoms with van der Waals surface area (Å²) < 4.78 is 0. The molecule has 2 rings (SSSR count). The van der Waals surface area contributed by atoms with Crippen LogP contribution in [0.3, 0.4) is 0 Å². The molecule has 0 saturated carbocycles. The number of hydrogen-bond donors (Lipinski definition) is 0. The van der Waals surface area contributed by atoms with E-state index in [2.05, 4.69) is 68.5 Å². The van der Waals surface area contributed by atoms with E-state index in [1.165, 1.54) is 16.7 Å². The number of rotatable bonds is 1. The van der Waals surface area contributed by atoms with Gasteiger partial charge in [0, 0.05) is 0 Å². The highest BCUT2D eigenvalue weighted by molar-refractivity contribution is 5.56. The molecule has 0 atom stereocenters. The Hall–Kier alpha value is -1.56. The van der Waals surface area contributed by atoms with Gasteiger partial charge in [0.1, 0.15) is 0 Å². The van der Waals surface area contributed by atoms with Crippen LogP contribution in [0.1, 0.15) is 13.8 Å². The summed E-state index contributed by atoms with van der Waals surface area (Å²) >= 11 is 0. The summed E-state index contributed by atoms with van der Waals surface area (Å²) in [6, 6.07) is 0. The fourth-order valence-corrected chi connectivity index (χ4v) is 1.71. The van der Waals surface area contributed by atoms with Gasteiger partial charge in [-0.05, 0) is 22.6 Å². The lowest BCUT2D eigenvalue weighted by atomic mass is 9.99. The molecule has 0 heteroatoms. The first kappa shape index (κ1) is 9.97. The van der Waals surface area contributed by atoms with Gasteiger partial charge >= 0.3 is 0 Å². The largest absolute Gasteiger partial charge is 0.0622 e. The van der Waals surface area contributed by atoms with E-state index < -0.39 is 0 Å². The van der Waals surface area contributed by atoms with E-state index in [0.717, 1.165) is 0 Å². The molecule has 0 saturated heterocycles. The van der Waals surface area contributed by atoms with Crippen LogP contribution in [-0.2, 0) is 0 Å². The van der Waals surface area contributed by atoms with Crippen LogP contribution in [0.5, 0.6) is 0 Å². The third kappa shape index (κ3) is 2.27. The van der Waals surface area contributed by atoms with E-state index in [9.17, 15) is 0 Å². The van der Waals surface area contributed by atoms with E-state index >= 15 is 0 Å². The molecule has 0 heterocycles. The first-order valence-corrected chi connectivity index (χ1v) is 5.43. The second-order valence-electron chi connectivity index (χ2n) is 4.15. The lowest BCUT2D eigenvalue weighted by Gasteiger charge is -2.06. The van der Waals surface area contributed by atoms with Crippen LogP contribution in [0.25, 0.3) is 0 Å². The second kappa shape index (κ2) is 4.31. The maximum Gasteiger partial charge on any atom is -0.0181 e. The Morgan fingerprint density at radius 2 is 1.60 bits per heavy atom. The molecule has 0 aromatic rings. The predicted molar refractivity (Wildman–Crippen MR) is 66.5 cm³/mol. The first-order valence-electron chi connectivity index (χ1n) is 5.43. The summed E-state index contributed by atoms with van der Waals surface area (Å²) in [4.78, 5) is 0.